The number of anilines is 1. The zero-order chi connectivity index (χ0) is 17.6. The molecule has 1 N–H and O–H groups in total. The lowest BCUT2D eigenvalue weighted by atomic mass is 9.52. The number of hydrazine groups is 1. The molecule has 1 aliphatic heterocycles. The van der Waals surface area contributed by atoms with Gasteiger partial charge >= 0.3 is 0 Å². The molecule has 5 fully saturated rings. The SMILES string of the molecule is Cc1ccccc1N1N(C2C3CC4CC2CC(O)(C4)C3)C(=O)C1(C)C. The van der Waals surface area contributed by atoms with Crippen molar-refractivity contribution in [1.29, 1.82) is 0 Å². The second kappa shape index (κ2) is 4.79. The average Bonchev–Trinajstić information content (AvgIpc) is 2.53. The molecule has 0 aromatic heterocycles. The van der Waals surface area contributed by atoms with Crippen molar-refractivity contribution in [2.24, 2.45) is 17.8 Å². The van der Waals surface area contributed by atoms with Crippen molar-refractivity contribution in [3.05, 3.63) is 29.8 Å². The molecule has 4 heteroatoms. The summed E-state index contributed by atoms with van der Waals surface area (Å²) < 4.78 is 0. The molecule has 1 amide bonds. The van der Waals surface area contributed by atoms with Crippen LogP contribution < -0.4 is 5.01 Å². The van der Waals surface area contributed by atoms with E-state index in [-0.39, 0.29) is 11.9 Å². The summed E-state index contributed by atoms with van der Waals surface area (Å²) in [5, 5.41) is 15.2. The highest BCUT2D eigenvalue weighted by Gasteiger charge is 2.63. The molecule has 4 aliphatic carbocycles. The van der Waals surface area contributed by atoms with Gasteiger partial charge in [0.25, 0.3) is 5.91 Å². The lowest BCUT2D eigenvalue weighted by Crippen LogP contribution is -2.81. The van der Waals surface area contributed by atoms with Gasteiger partial charge in [0, 0.05) is 0 Å². The first kappa shape index (κ1) is 15.7. The van der Waals surface area contributed by atoms with E-state index < -0.39 is 11.1 Å². The number of aryl methyl sites for hydroxylation is 1. The number of rotatable bonds is 2. The van der Waals surface area contributed by atoms with Gasteiger partial charge in [-0.3, -0.25) is 9.80 Å². The van der Waals surface area contributed by atoms with E-state index in [1.807, 2.05) is 13.8 Å². The number of para-hydroxylation sites is 1. The average molecular weight is 340 g/mol. The first-order valence-corrected chi connectivity index (χ1v) is 9.72. The number of benzene rings is 1. The Hall–Kier alpha value is -1.55. The Labute approximate surface area is 149 Å². The molecule has 5 aliphatic rings. The maximum atomic E-state index is 13.1. The van der Waals surface area contributed by atoms with Crippen LogP contribution in [-0.4, -0.2) is 33.2 Å². The van der Waals surface area contributed by atoms with Gasteiger partial charge in [-0.2, -0.15) is 0 Å². The Balaban J connectivity index is 1.53. The van der Waals surface area contributed by atoms with Crippen LogP contribution in [-0.2, 0) is 4.79 Å². The molecule has 0 radical (unpaired) electrons. The fourth-order valence-corrected chi connectivity index (χ4v) is 6.53. The molecule has 4 bridgehead atoms. The molecule has 1 heterocycles. The molecule has 6 rings (SSSR count). The van der Waals surface area contributed by atoms with Crippen molar-refractivity contribution in [3.8, 4) is 0 Å². The minimum Gasteiger partial charge on any atom is -0.390 e. The van der Waals surface area contributed by atoms with Crippen LogP contribution in [0.1, 0.15) is 51.5 Å². The van der Waals surface area contributed by atoms with E-state index in [4.69, 9.17) is 0 Å². The Bertz CT molecular complexity index is 727. The van der Waals surface area contributed by atoms with Crippen LogP contribution >= 0.6 is 0 Å². The highest BCUT2D eigenvalue weighted by atomic mass is 16.3. The lowest BCUT2D eigenvalue weighted by Gasteiger charge is -2.67. The zero-order valence-corrected chi connectivity index (χ0v) is 15.4. The van der Waals surface area contributed by atoms with E-state index in [2.05, 4.69) is 41.2 Å². The summed E-state index contributed by atoms with van der Waals surface area (Å²) in [4.78, 5) is 13.1. The number of hydrogen-bond donors (Lipinski definition) is 1. The molecule has 0 spiro atoms. The summed E-state index contributed by atoms with van der Waals surface area (Å²) in [6, 6.07) is 8.61. The third kappa shape index (κ3) is 2.00. The topological polar surface area (TPSA) is 43.8 Å². The Morgan fingerprint density at radius 3 is 2.32 bits per heavy atom. The molecule has 4 saturated carbocycles. The summed E-state index contributed by atoms with van der Waals surface area (Å²) >= 11 is 0. The third-order valence-corrected chi connectivity index (χ3v) is 7.29. The summed E-state index contributed by atoms with van der Waals surface area (Å²) in [7, 11) is 0. The van der Waals surface area contributed by atoms with Crippen molar-refractivity contribution in [3.63, 3.8) is 0 Å². The normalized spacial score (nSPS) is 41.2. The predicted molar refractivity (Wildman–Crippen MR) is 96.9 cm³/mol. The van der Waals surface area contributed by atoms with Crippen LogP contribution in [0.15, 0.2) is 24.3 Å². The smallest absolute Gasteiger partial charge is 0.268 e. The molecular weight excluding hydrogens is 312 g/mol. The van der Waals surface area contributed by atoms with Crippen molar-refractivity contribution in [1.82, 2.24) is 5.01 Å². The maximum Gasteiger partial charge on any atom is 0.268 e. The van der Waals surface area contributed by atoms with Gasteiger partial charge in [0.15, 0.2) is 0 Å². The quantitative estimate of drug-likeness (QED) is 0.898. The van der Waals surface area contributed by atoms with Crippen molar-refractivity contribution in [2.45, 2.75) is 70.1 Å². The molecule has 1 saturated heterocycles. The van der Waals surface area contributed by atoms with Gasteiger partial charge in [-0.1, -0.05) is 18.2 Å². The van der Waals surface area contributed by atoms with E-state index in [0.29, 0.717) is 17.8 Å². The van der Waals surface area contributed by atoms with Gasteiger partial charge in [-0.05, 0) is 82.3 Å². The summed E-state index contributed by atoms with van der Waals surface area (Å²) in [5.41, 5.74) is 1.40. The second-order valence-corrected chi connectivity index (χ2v) is 9.49. The number of carbonyl (C=O) groups excluding carboxylic acids is 1. The number of amides is 1. The first-order chi connectivity index (χ1) is 11.8. The van der Waals surface area contributed by atoms with Gasteiger partial charge in [-0.25, -0.2) is 5.01 Å². The van der Waals surface area contributed by atoms with Crippen LogP contribution in [0.5, 0.6) is 0 Å². The Morgan fingerprint density at radius 1 is 1.08 bits per heavy atom. The van der Waals surface area contributed by atoms with Gasteiger partial charge in [0.1, 0.15) is 5.54 Å². The molecule has 25 heavy (non-hydrogen) atoms. The van der Waals surface area contributed by atoms with Crippen LogP contribution in [0.2, 0.25) is 0 Å². The molecule has 4 nitrogen and oxygen atoms in total. The fourth-order valence-electron chi connectivity index (χ4n) is 6.53. The van der Waals surface area contributed by atoms with Gasteiger partial charge in [-0.15, -0.1) is 0 Å². The minimum absolute atomic E-state index is 0.236. The van der Waals surface area contributed by atoms with E-state index in [0.717, 1.165) is 24.9 Å². The van der Waals surface area contributed by atoms with Crippen molar-refractivity contribution < 1.29 is 9.90 Å². The second-order valence-electron chi connectivity index (χ2n) is 9.49. The van der Waals surface area contributed by atoms with E-state index >= 15 is 0 Å². The maximum absolute atomic E-state index is 13.1. The number of nitrogens with zero attached hydrogens (tertiary/aromatic N) is 2. The van der Waals surface area contributed by atoms with Crippen LogP contribution in [0.25, 0.3) is 0 Å². The molecule has 134 valence electrons. The monoisotopic (exact) mass is 340 g/mol. The number of carbonyl (C=O) groups is 1. The van der Waals surface area contributed by atoms with E-state index in [1.165, 1.54) is 18.4 Å². The summed E-state index contributed by atoms with van der Waals surface area (Å²) in [5.74, 6) is 1.79. The molecule has 2 unspecified atom stereocenters. The lowest BCUT2D eigenvalue weighted by molar-refractivity contribution is -0.190. The van der Waals surface area contributed by atoms with E-state index in [1.54, 1.807) is 0 Å². The van der Waals surface area contributed by atoms with Gasteiger partial charge in [0.2, 0.25) is 0 Å². The highest BCUT2D eigenvalue weighted by molar-refractivity contribution is 5.98. The van der Waals surface area contributed by atoms with Crippen molar-refractivity contribution in [2.75, 3.05) is 5.01 Å². The van der Waals surface area contributed by atoms with Crippen molar-refractivity contribution >= 4 is 11.6 Å². The largest absolute Gasteiger partial charge is 0.390 e. The van der Waals surface area contributed by atoms with E-state index in [9.17, 15) is 9.90 Å². The highest BCUT2D eigenvalue weighted by Crippen LogP contribution is 2.58. The van der Waals surface area contributed by atoms with Crippen LogP contribution in [0.4, 0.5) is 5.69 Å². The number of aliphatic hydroxyl groups is 1. The van der Waals surface area contributed by atoms with Gasteiger partial charge < -0.3 is 5.11 Å². The minimum atomic E-state index is -0.488. The van der Waals surface area contributed by atoms with Crippen LogP contribution in [0, 0.1) is 24.7 Å². The predicted octanol–water partition coefficient (Wildman–Crippen LogP) is 3.28. The first-order valence-electron chi connectivity index (χ1n) is 9.72. The molecule has 1 aromatic carbocycles. The standard InChI is InChI=1S/C21H28N2O2/c1-13-6-4-5-7-17(13)23-20(2,3)19(24)22(23)18-15-8-14-9-16(18)12-21(25,10-14)11-15/h4-7,14-16,18,25H,8-12H2,1-3H3. The summed E-state index contributed by atoms with van der Waals surface area (Å²) in [6.45, 7) is 6.18. The summed E-state index contributed by atoms with van der Waals surface area (Å²) in [6.07, 6.45) is 5.07. The molecule has 1 aromatic rings. The fraction of sp³-hybridized carbons (Fsp3) is 0.667. The van der Waals surface area contributed by atoms with Gasteiger partial charge in [0.05, 0.1) is 17.3 Å². The zero-order valence-electron chi connectivity index (χ0n) is 15.4. The number of hydrogen-bond acceptors (Lipinski definition) is 3. The third-order valence-electron chi connectivity index (χ3n) is 7.29. The Morgan fingerprint density at radius 2 is 1.72 bits per heavy atom. The Kier molecular flexibility index (Phi) is 3.00. The van der Waals surface area contributed by atoms with Crippen LogP contribution in [0.3, 0.4) is 0 Å². The molecular formula is C21H28N2O2. The molecule has 2 atom stereocenters.